The number of rotatable bonds is 4. The highest BCUT2D eigenvalue weighted by molar-refractivity contribution is 7.99. The van der Waals surface area contributed by atoms with E-state index >= 15 is 0 Å². The molecule has 3 aliphatic rings. The molecule has 6 rings (SSSR count). The molecule has 4 heterocycles. The fraction of sp³-hybridized carbons (Fsp3) is 0.407. The number of halogens is 5. The van der Waals surface area contributed by atoms with Gasteiger partial charge in [-0.25, -0.2) is 13.6 Å². The van der Waals surface area contributed by atoms with Crippen LogP contribution in [0, 0.1) is 11.6 Å². The number of thioether (sulfide) groups is 1. The maximum atomic E-state index is 14.9. The van der Waals surface area contributed by atoms with Gasteiger partial charge in [0.05, 0.1) is 24.3 Å². The van der Waals surface area contributed by atoms with Crippen molar-refractivity contribution in [3.8, 4) is 11.1 Å². The molecule has 2 atom stereocenters. The van der Waals surface area contributed by atoms with Crippen molar-refractivity contribution >= 4 is 28.5 Å². The second kappa shape index (κ2) is 9.90. The number of aromatic nitrogens is 2. The molecule has 1 N–H and O–H groups in total. The monoisotopic (exact) mass is 564 g/mol. The highest BCUT2D eigenvalue weighted by Crippen LogP contribution is 2.49. The fourth-order valence-electron chi connectivity index (χ4n) is 5.51. The quantitative estimate of drug-likeness (QED) is 0.357. The number of hydrogen-bond acceptors (Lipinski definition) is 6. The lowest BCUT2D eigenvalue weighted by atomic mass is 9.95. The molecule has 2 fully saturated rings. The molecule has 6 nitrogen and oxygen atoms in total. The third-order valence-electron chi connectivity index (χ3n) is 7.38. The number of piperazine rings is 1. The minimum atomic E-state index is -4.84. The van der Waals surface area contributed by atoms with Crippen LogP contribution < -0.4 is 15.9 Å². The number of aryl methyl sites for hydroxylation is 1. The van der Waals surface area contributed by atoms with Crippen molar-refractivity contribution in [2.45, 2.75) is 43.0 Å². The van der Waals surface area contributed by atoms with Crippen LogP contribution in [0.1, 0.15) is 18.9 Å². The summed E-state index contributed by atoms with van der Waals surface area (Å²) in [7, 11) is 0. The Labute approximate surface area is 224 Å². The Hall–Kier alpha value is -2.96. The van der Waals surface area contributed by atoms with Gasteiger partial charge in [-0.1, -0.05) is 13.0 Å². The highest BCUT2D eigenvalue weighted by atomic mass is 32.2. The van der Waals surface area contributed by atoms with E-state index in [9.17, 15) is 26.7 Å². The zero-order chi connectivity index (χ0) is 27.5. The van der Waals surface area contributed by atoms with Gasteiger partial charge in [0.25, 0.3) is 0 Å². The van der Waals surface area contributed by atoms with E-state index in [2.05, 4.69) is 16.4 Å². The van der Waals surface area contributed by atoms with Gasteiger partial charge in [0, 0.05) is 64.9 Å². The van der Waals surface area contributed by atoms with Crippen LogP contribution in [0.15, 0.2) is 45.6 Å². The van der Waals surface area contributed by atoms with Crippen molar-refractivity contribution in [2.75, 3.05) is 37.0 Å². The van der Waals surface area contributed by atoms with E-state index in [4.69, 9.17) is 4.74 Å². The first-order chi connectivity index (χ1) is 18.6. The Bertz CT molecular complexity index is 1550. The summed E-state index contributed by atoms with van der Waals surface area (Å²) in [5.41, 5.74) is -0.946. The molecule has 3 aromatic rings. The average Bonchev–Trinajstić information content (AvgIpc) is 2.87. The Morgan fingerprint density at radius 2 is 2.00 bits per heavy atom. The largest absolute Gasteiger partial charge is 0.417 e. The molecule has 206 valence electrons. The number of ether oxygens (including phenoxy) is 1. The van der Waals surface area contributed by atoms with E-state index in [1.54, 1.807) is 0 Å². The van der Waals surface area contributed by atoms with Crippen LogP contribution in [0.2, 0.25) is 0 Å². The number of alkyl halides is 3. The van der Waals surface area contributed by atoms with Crippen LogP contribution in [0.5, 0.6) is 0 Å². The molecule has 0 bridgehead atoms. The first kappa shape index (κ1) is 26.3. The second-order valence-electron chi connectivity index (χ2n) is 9.97. The Morgan fingerprint density at radius 1 is 1.21 bits per heavy atom. The van der Waals surface area contributed by atoms with Crippen molar-refractivity contribution in [1.29, 1.82) is 0 Å². The van der Waals surface area contributed by atoms with Crippen molar-refractivity contribution in [2.24, 2.45) is 0 Å². The standard InChI is InChI=1S/C27H25F5N4O2S/c1-2-16-10-35(11-17(33-16)7-14-12-38-13-14)25-19-9-20(27(30,31)32)22(18-4-3-15(28)8-21(18)29)24-23(19)36(5-6-39-24)26(37)34-25/h3-4,7-9,16-17,33H,2,5-6,10-13H2,1H3. The molecule has 12 heteroatoms. The lowest BCUT2D eigenvalue weighted by Crippen LogP contribution is -2.56. The summed E-state index contributed by atoms with van der Waals surface area (Å²) in [6.07, 6.45) is -2.00. The number of nitrogens with one attached hydrogen (secondary N) is 1. The Balaban J connectivity index is 1.60. The molecule has 39 heavy (non-hydrogen) atoms. The molecule has 1 aromatic heterocycles. The molecular weight excluding hydrogens is 539 g/mol. The molecule has 0 amide bonds. The van der Waals surface area contributed by atoms with Crippen LogP contribution in [0.25, 0.3) is 22.0 Å². The number of hydrogen-bond donors (Lipinski definition) is 1. The van der Waals surface area contributed by atoms with Crippen LogP contribution in [-0.2, 0) is 17.5 Å². The van der Waals surface area contributed by atoms with E-state index in [-0.39, 0.29) is 45.9 Å². The van der Waals surface area contributed by atoms with Gasteiger partial charge < -0.3 is 15.0 Å². The molecule has 0 spiro atoms. The Kier molecular flexibility index (Phi) is 6.67. The smallest absolute Gasteiger partial charge is 0.373 e. The Morgan fingerprint density at radius 3 is 2.67 bits per heavy atom. The zero-order valence-corrected chi connectivity index (χ0v) is 21.8. The number of nitrogens with zero attached hydrogens (tertiary/aromatic N) is 3. The van der Waals surface area contributed by atoms with Gasteiger partial charge in [0.2, 0.25) is 0 Å². The summed E-state index contributed by atoms with van der Waals surface area (Å²) in [4.78, 5) is 19.6. The molecule has 0 saturated carbocycles. The molecule has 0 radical (unpaired) electrons. The number of anilines is 1. The predicted molar refractivity (Wildman–Crippen MR) is 139 cm³/mol. The summed E-state index contributed by atoms with van der Waals surface area (Å²) in [5.74, 6) is -1.50. The summed E-state index contributed by atoms with van der Waals surface area (Å²) >= 11 is 1.13. The van der Waals surface area contributed by atoms with E-state index < -0.39 is 29.1 Å². The van der Waals surface area contributed by atoms with Crippen molar-refractivity contribution in [3.63, 3.8) is 0 Å². The van der Waals surface area contributed by atoms with Crippen LogP contribution in [0.4, 0.5) is 27.8 Å². The lowest BCUT2D eigenvalue weighted by molar-refractivity contribution is -0.137. The molecule has 2 aromatic carbocycles. The third-order valence-corrected chi connectivity index (χ3v) is 8.45. The van der Waals surface area contributed by atoms with E-state index in [1.165, 1.54) is 4.57 Å². The first-order valence-corrected chi connectivity index (χ1v) is 13.7. The van der Waals surface area contributed by atoms with Gasteiger partial charge in [0.1, 0.15) is 17.5 Å². The second-order valence-corrected chi connectivity index (χ2v) is 11.1. The van der Waals surface area contributed by atoms with Crippen LogP contribution in [0.3, 0.4) is 0 Å². The van der Waals surface area contributed by atoms with Gasteiger partial charge in [-0.15, -0.1) is 11.8 Å². The minimum absolute atomic E-state index is 0.0253. The molecule has 2 unspecified atom stereocenters. The van der Waals surface area contributed by atoms with Crippen molar-refractivity contribution in [3.05, 3.63) is 63.6 Å². The fourth-order valence-corrected chi connectivity index (χ4v) is 6.71. The van der Waals surface area contributed by atoms with Gasteiger partial charge in [0.15, 0.2) is 0 Å². The lowest BCUT2D eigenvalue weighted by Gasteiger charge is -2.40. The SMILES string of the molecule is CCC1CN(c2nc(=O)n3c4c(c(-c5ccc(F)cc5F)c(C(F)(F)F)cc24)SCC3)CC(C=C2COC2)N1. The normalized spacial score (nSPS) is 21.3. The summed E-state index contributed by atoms with van der Waals surface area (Å²) in [6, 6.07) is 3.41. The van der Waals surface area contributed by atoms with Gasteiger partial charge in [-0.05, 0) is 30.2 Å². The van der Waals surface area contributed by atoms with Crippen molar-refractivity contribution in [1.82, 2.24) is 14.9 Å². The summed E-state index contributed by atoms with van der Waals surface area (Å²) in [6.45, 7) is 4.22. The third kappa shape index (κ3) is 4.72. The molecule has 3 aliphatic heterocycles. The van der Waals surface area contributed by atoms with E-state index in [0.29, 0.717) is 43.6 Å². The average molecular weight is 565 g/mol. The van der Waals surface area contributed by atoms with Gasteiger partial charge in [-0.2, -0.15) is 18.2 Å². The number of benzene rings is 2. The predicted octanol–water partition coefficient (Wildman–Crippen LogP) is 4.98. The van der Waals surface area contributed by atoms with Crippen molar-refractivity contribution < 1.29 is 26.7 Å². The van der Waals surface area contributed by atoms with Crippen LogP contribution in [-0.4, -0.2) is 53.7 Å². The minimum Gasteiger partial charge on any atom is -0.373 e. The molecule has 2 saturated heterocycles. The zero-order valence-electron chi connectivity index (χ0n) is 20.9. The maximum Gasteiger partial charge on any atom is 0.417 e. The first-order valence-electron chi connectivity index (χ1n) is 12.7. The van der Waals surface area contributed by atoms with E-state index in [0.717, 1.165) is 42.0 Å². The maximum absolute atomic E-state index is 14.9. The van der Waals surface area contributed by atoms with Gasteiger partial charge >= 0.3 is 11.9 Å². The van der Waals surface area contributed by atoms with E-state index in [1.807, 2.05) is 11.8 Å². The molecule has 0 aliphatic carbocycles. The highest BCUT2D eigenvalue weighted by Gasteiger charge is 2.39. The summed E-state index contributed by atoms with van der Waals surface area (Å²) in [5, 5.41) is 3.73. The van der Waals surface area contributed by atoms with Gasteiger partial charge in [-0.3, -0.25) is 4.57 Å². The topological polar surface area (TPSA) is 59.4 Å². The summed E-state index contributed by atoms with van der Waals surface area (Å²) < 4.78 is 79.0. The van der Waals surface area contributed by atoms with Crippen LogP contribution >= 0.6 is 11.8 Å². The molecular formula is C27H25F5N4O2S.